The summed E-state index contributed by atoms with van der Waals surface area (Å²) < 4.78 is 0. The summed E-state index contributed by atoms with van der Waals surface area (Å²) >= 11 is 0. The predicted molar refractivity (Wildman–Crippen MR) is 99.7 cm³/mol. The highest BCUT2D eigenvalue weighted by Crippen LogP contribution is 2.27. The van der Waals surface area contributed by atoms with E-state index in [4.69, 9.17) is 0 Å². The third-order valence-corrected chi connectivity index (χ3v) is 4.26. The molecule has 0 aliphatic heterocycles. The Morgan fingerprint density at radius 1 is 1.12 bits per heavy atom. The number of hydrogen-bond donors (Lipinski definition) is 2. The van der Waals surface area contributed by atoms with Crippen LogP contribution in [-0.4, -0.2) is 28.5 Å². The zero-order valence-electron chi connectivity index (χ0n) is 15.5. The summed E-state index contributed by atoms with van der Waals surface area (Å²) in [6, 6.07) is 8.41. The SMILES string of the molecule is CCN(C(=O)c1cc(C(C)C)[nH]c1C(C)C)c1cccc(C(=O)O)c1. The van der Waals surface area contributed by atoms with Crippen molar-refractivity contribution in [1.82, 2.24) is 4.98 Å². The number of anilines is 1. The molecule has 134 valence electrons. The summed E-state index contributed by atoms with van der Waals surface area (Å²) in [5.74, 6) is -0.631. The van der Waals surface area contributed by atoms with Gasteiger partial charge in [-0.25, -0.2) is 4.79 Å². The Morgan fingerprint density at radius 3 is 2.32 bits per heavy atom. The molecule has 5 heteroatoms. The number of H-pyrrole nitrogens is 1. The molecule has 0 aliphatic rings. The van der Waals surface area contributed by atoms with Gasteiger partial charge >= 0.3 is 5.97 Å². The summed E-state index contributed by atoms with van der Waals surface area (Å²) in [6.07, 6.45) is 0. The van der Waals surface area contributed by atoms with Crippen molar-refractivity contribution in [3.8, 4) is 0 Å². The normalized spacial score (nSPS) is 11.2. The Morgan fingerprint density at radius 2 is 1.80 bits per heavy atom. The van der Waals surface area contributed by atoms with Crippen molar-refractivity contribution < 1.29 is 14.7 Å². The second-order valence-electron chi connectivity index (χ2n) is 6.77. The zero-order chi connectivity index (χ0) is 18.7. The second kappa shape index (κ2) is 7.55. The van der Waals surface area contributed by atoms with E-state index in [0.29, 0.717) is 23.7 Å². The number of nitrogens with zero attached hydrogens (tertiary/aromatic N) is 1. The zero-order valence-corrected chi connectivity index (χ0v) is 15.5. The van der Waals surface area contributed by atoms with Crippen molar-refractivity contribution in [2.45, 2.75) is 46.5 Å². The van der Waals surface area contributed by atoms with Gasteiger partial charge in [0.2, 0.25) is 0 Å². The van der Waals surface area contributed by atoms with E-state index < -0.39 is 5.97 Å². The third kappa shape index (κ3) is 3.92. The summed E-state index contributed by atoms with van der Waals surface area (Å²) in [7, 11) is 0. The number of carbonyl (C=O) groups excluding carboxylic acids is 1. The molecule has 0 bridgehead atoms. The maximum absolute atomic E-state index is 13.2. The van der Waals surface area contributed by atoms with Gasteiger partial charge in [-0.1, -0.05) is 33.8 Å². The lowest BCUT2D eigenvalue weighted by Gasteiger charge is -2.22. The van der Waals surface area contributed by atoms with Crippen LogP contribution in [0.15, 0.2) is 30.3 Å². The molecule has 0 radical (unpaired) electrons. The topological polar surface area (TPSA) is 73.4 Å². The van der Waals surface area contributed by atoms with Crippen LogP contribution in [-0.2, 0) is 0 Å². The molecule has 0 spiro atoms. The molecule has 0 unspecified atom stereocenters. The van der Waals surface area contributed by atoms with Crippen LogP contribution < -0.4 is 4.90 Å². The fourth-order valence-corrected chi connectivity index (χ4v) is 2.83. The van der Waals surface area contributed by atoms with Gasteiger partial charge in [0, 0.05) is 23.6 Å². The van der Waals surface area contributed by atoms with E-state index in [9.17, 15) is 14.7 Å². The maximum Gasteiger partial charge on any atom is 0.335 e. The first-order chi connectivity index (χ1) is 11.8. The van der Waals surface area contributed by atoms with E-state index in [1.807, 2.05) is 26.8 Å². The van der Waals surface area contributed by atoms with Gasteiger partial charge in [-0.2, -0.15) is 0 Å². The van der Waals surface area contributed by atoms with Crippen LogP contribution in [0.25, 0.3) is 0 Å². The molecule has 0 aliphatic carbocycles. The number of rotatable bonds is 6. The van der Waals surface area contributed by atoms with Crippen LogP contribution in [0, 0.1) is 0 Å². The van der Waals surface area contributed by atoms with Crippen molar-refractivity contribution in [1.29, 1.82) is 0 Å². The lowest BCUT2D eigenvalue weighted by molar-refractivity contribution is 0.0696. The lowest BCUT2D eigenvalue weighted by atomic mass is 10.0. The Bertz CT molecular complexity index is 775. The van der Waals surface area contributed by atoms with Gasteiger partial charge in [-0.15, -0.1) is 0 Å². The number of aromatic amines is 1. The Hall–Kier alpha value is -2.56. The highest BCUT2D eigenvalue weighted by Gasteiger charge is 2.24. The van der Waals surface area contributed by atoms with Gasteiger partial charge in [0.15, 0.2) is 0 Å². The van der Waals surface area contributed by atoms with Crippen LogP contribution in [0.5, 0.6) is 0 Å². The van der Waals surface area contributed by atoms with Crippen molar-refractivity contribution in [2.75, 3.05) is 11.4 Å². The first-order valence-electron chi connectivity index (χ1n) is 8.64. The lowest BCUT2D eigenvalue weighted by Crippen LogP contribution is -2.31. The highest BCUT2D eigenvalue weighted by molar-refractivity contribution is 6.07. The Labute approximate surface area is 148 Å². The minimum absolute atomic E-state index is 0.114. The second-order valence-corrected chi connectivity index (χ2v) is 6.77. The fraction of sp³-hybridized carbons (Fsp3) is 0.400. The van der Waals surface area contributed by atoms with Crippen LogP contribution in [0.3, 0.4) is 0 Å². The van der Waals surface area contributed by atoms with E-state index >= 15 is 0 Å². The largest absolute Gasteiger partial charge is 0.478 e. The van der Waals surface area contributed by atoms with Crippen LogP contribution in [0.1, 0.15) is 78.6 Å². The molecule has 0 saturated heterocycles. The van der Waals surface area contributed by atoms with E-state index in [0.717, 1.165) is 11.4 Å². The number of aromatic nitrogens is 1. The smallest absolute Gasteiger partial charge is 0.335 e. The number of carboxylic acids is 1. The number of nitrogens with one attached hydrogen (secondary N) is 1. The Kier molecular flexibility index (Phi) is 5.67. The predicted octanol–water partition coefficient (Wildman–Crippen LogP) is 4.63. The highest BCUT2D eigenvalue weighted by atomic mass is 16.4. The van der Waals surface area contributed by atoms with Gasteiger partial charge in [0.25, 0.3) is 5.91 Å². The Balaban J connectivity index is 2.47. The molecule has 1 aromatic heterocycles. The first-order valence-corrected chi connectivity index (χ1v) is 8.64. The quantitative estimate of drug-likeness (QED) is 0.804. The van der Waals surface area contributed by atoms with E-state index in [2.05, 4.69) is 18.8 Å². The number of carboxylic acid groups (broad SMARTS) is 1. The van der Waals surface area contributed by atoms with E-state index in [-0.39, 0.29) is 17.4 Å². The average Bonchev–Trinajstić information content (AvgIpc) is 3.01. The minimum atomic E-state index is -1.00. The molecule has 1 aromatic carbocycles. The summed E-state index contributed by atoms with van der Waals surface area (Å²) in [6.45, 7) is 10.6. The molecule has 5 nitrogen and oxygen atoms in total. The number of hydrogen-bond acceptors (Lipinski definition) is 2. The van der Waals surface area contributed by atoms with Crippen LogP contribution >= 0.6 is 0 Å². The molecule has 0 fully saturated rings. The molecular formula is C20H26N2O3. The monoisotopic (exact) mass is 342 g/mol. The number of aromatic carboxylic acids is 1. The molecule has 2 rings (SSSR count). The third-order valence-electron chi connectivity index (χ3n) is 4.26. The standard InChI is InChI=1S/C20H26N2O3/c1-6-22(15-9-7-8-14(10-15)20(24)25)19(23)16-11-17(12(2)3)21-18(16)13(4)5/h7-13,21H,6H2,1-5H3,(H,24,25). The van der Waals surface area contributed by atoms with Gasteiger partial charge in [-0.3, -0.25) is 4.79 Å². The van der Waals surface area contributed by atoms with Gasteiger partial charge < -0.3 is 15.0 Å². The van der Waals surface area contributed by atoms with Gasteiger partial charge in [0.05, 0.1) is 11.1 Å². The van der Waals surface area contributed by atoms with E-state index in [1.165, 1.54) is 12.1 Å². The minimum Gasteiger partial charge on any atom is -0.478 e. The molecule has 0 saturated carbocycles. The summed E-state index contributed by atoms with van der Waals surface area (Å²) in [5, 5.41) is 9.19. The van der Waals surface area contributed by atoms with Gasteiger partial charge in [-0.05, 0) is 43.0 Å². The first kappa shape index (κ1) is 18.8. The molecule has 25 heavy (non-hydrogen) atoms. The van der Waals surface area contributed by atoms with Crippen molar-refractivity contribution >= 4 is 17.6 Å². The van der Waals surface area contributed by atoms with E-state index in [1.54, 1.807) is 17.0 Å². The summed E-state index contributed by atoms with van der Waals surface area (Å²) in [5.41, 5.74) is 3.37. The average molecular weight is 342 g/mol. The molecule has 1 amide bonds. The molecular weight excluding hydrogens is 316 g/mol. The molecule has 2 N–H and O–H groups in total. The van der Waals surface area contributed by atoms with Crippen molar-refractivity contribution in [2.24, 2.45) is 0 Å². The van der Waals surface area contributed by atoms with Crippen LogP contribution in [0.4, 0.5) is 5.69 Å². The number of amides is 1. The van der Waals surface area contributed by atoms with Gasteiger partial charge in [0.1, 0.15) is 0 Å². The number of benzene rings is 1. The molecule has 2 aromatic rings. The summed E-state index contributed by atoms with van der Waals surface area (Å²) in [4.78, 5) is 29.4. The fourth-order valence-electron chi connectivity index (χ4n) is 2.83. The maximum atomic E-state index is 13.2. The van der Waals surface area contributed by atoms with Crippen molar-refractivity contribution in [3.63, 3.8) is 0 Å². The molecule has 0 atom stereocenters. The van der Waals surface area contributed by atoms with Crippen molar-refractivity contribution in [3.05, 3.63) is 52.8 Å². The van der Waals surface area contributed by atoms with Crippen LogP contribution in [0.2, 0.25) is 0 Å². The number of carbonyl (C=O) groups is 2. The molecule has 1 heterocycles.